The lowest BCUT2D eigenvalue weighted by molar-refractivity contribution is -0.136. The minimum Gasteiger partial charge on any atom is -0.365 e. The lowest BCUT2D eigenvalue weighted by Gasteiger charge is -2.22. The van der Waals surface area contributed by atoms with Gasteiger partial charge in [0.2, 0.25) is 11.8 Å². The highest BCUT2D eigenvalue weighted by molar-refractivity contribution is 7.13. The first-order valence-electron chi connectivity index (χ1n) is 8.03. The maximum absolute atomic E-state index is 12.5. The first-order valence-corrected chi connectivity index (χ1v) is 8.91. The number of carbonyl (C=O) groups excluding carboxylic acids is 2. The number of rotatable bonds is 6. The second-order valence-corrected chi connectivity index (χ2v) is 7.49. The van der Waals surface area contributed by atoms with E-state index >= 15 is 0 Å². The van der Waals surface area contributed by atoms with Gasteiger partial charge in [0.05, 0.1) is 6.10 Å². The largest absolute Gasteiger partial charge is 0.365 e. The molecular formula is C16H25N3O3S. The number of amides is 2. The second-order valence-electron chi connectivity index (χ2n) is 6.60. The van der Waals surface area contributed by atoms with E-state index in [0.717, 1.165) is 6.42 Å². The van der Waals surface area contributed by atoms with Crippen LogP contribution in [0.15, 0.2) is 11.6 Å². The highest BCUT2D eigenvalue weighted by atomic mass is 32.1. The van der Waals surface area contributed by atoms with Crippen LogP contribution in [0.2, 0.25) is 0 Å². The number of nitrogens with zero attached hydrogens (tertiary/aromatic N) is 1. The van der Waals surface area contributed by atoms with Crippen LogP contribution in [0.1, 0.15) is 40.5 Å². The van der Waals surface area contributed by atoms with Gasteiger partial charge in [0, 0.05) is 11.6 Å². The van der Waals surface area contributed by atoms with Gasteiger partial charge in [0.1, 0.15) is 12.1 Å². The van der Waals surface area contributed by atoms with E-state index in [-0.39, 0.29) is 29.8 Å². The van der Waals surface area contributed by atoms with Crippen molar-refractivity contribution >= 4 is 28.3 Å². The van der Waals surface area contributed by atoms with Crippen molar-refractivity contribution in [3.8, 4) is 0 Å². The Bertz CT molecular complexity index is 533. The Labute approximate surface area is 141 Å². The fraction of sp³-hybridized carbons (Fsp3) is 0.688. The number of nitrogens with one attached hydrogen (secondary N) is 2. The Kier molecular flexibility index (Phi) is 6.12. The van der Waals surface area contributed by atoms with Gasteiger partial charge in [-0.1, -0.05) is 20.8 Å². The van der Waals surface area contributed by atoms with Crippen molar-refractivity contribution in [2.45, 2.75) is 58.8 Å². The van der Waals surface area contributed by atoms with Crippen molar-refractivity contribution < 1.29 is 14.3 Å². The third-order valence-corrected chi connectivity index (χ3v) is 4.55. The van der Waals surface area contributed by atoms with Crippen molar-refractivity contribution in [1.29, 1.82) is 0 Å². The summed E-state index contributed by atoms with van der Waals surface area (Å²) in [5.74, 6) is -0.00241. The molecule has 23 heavy (non-hydrogen) atoms. The molecule has 0 saturated carbocycles. The fourth-order valence-electron chi connectivity index (χ4n) is 2.84. The van der Waals surface area contributed by atoms with Crippen molar-refractivity contribution in [1.82, 2.24) is 10.3 Å². The summed E-state index contributed by atoms with van der Waals surface area (Å²) in [6, 6.07) is -0.585. The van der Waals surface area contributed by atoms with E-state index in [2.05, 4.69) is 15.6 Å². The molecule has 0 aliphatic carbocycles. The SMILES string of the molecule is CC(C)C[C@H](NC(=O)[C@@H]1O[C@H](C)C[C@@H]1C)C(=O)Nc1nccs1. The first kappa shape index (κ1) is 17.9. The topological polar surface area (TPSA) is 80.3 Å². The molecule has 1 aromatic rings. The number of hydrogen-bond donors (Lipinski definition) is 2. The number of hydrogen-bond acceptors (Lipinski definition) is 5. The minimum atomic E-state index is -0.585. The minimum absolute atomic E-state index is 0.0773. The van der Waals surface area contributed by atoms with Crippen molar-refractivity contribution in [3.05, 3.63) is 11.6 Å². The molecule has 2 rings (SSSR count). The summed E-state index contributed by atoms with van der Waals surface area (Å²) in [7, 11) is 0. The van der Waals surface area contributed by atoms with Crippen LogP contribution in [0.5, 0.6) is 0 Å². The standard InChI is InChI=1S/C16H25N3O3S/c1-9(2)7-12(14(20)19-16-17-5-6-23-16)18-15(21)13-10(3)8-11(4)22-13/h5-6,9-13H,7-8H2,1-4H3,(H,18,21)(H,17,19,20)/t10-,11+,12-,13+/m0/s1. The van der Waals surface area contributed by atoms with Crippen molar-refractivity contribution in [2.24, 2.45) is 11.8 Å². The highest BCUT2D eigenvalue weighted by Gasteiger charge is 2.36. The van der Waals surface area contributed by atoms with E-state index in [1.165, 1.54) is 11.3 Å². The van der Waals surface area contributed by atoms with Crippen LogP contribution in [0.25, 0.3) is 0 Å². The summed E-state index contributed by atoms with van der Waals surface area (Å²) in [5, 5.41) is 7.94. The quantitative estimate of drug-likeness (QED) is 0.834. The zero-order valence-corrected chi connectivity index (χ0v) is 14.9. The zero-order chi connectivity index (χ0) is 17.0. The van der Waals surface area contributed by atoms with E-state index in [1.807, 2.05) is 27.7 Å². The molecule has 0 radical (unpaired) electrons. The molecule has 1 aliphatic heterocycles. The van der Waals surface area contributed by atoms with E-state index in [4.69, 9.17) is 4.74 Å². The summed E-state index contributed by atoms with van der Waals surface area (Å²) < 4.78 is 5.67. The molecule has 0 spiro atoms. The van der Waals surface area contributed by atoms with Gasteiger partial charge in [-0.25, -0.2) is 4.98 Å². The van der Waals surface area contributed by atoms with Gasteiger partial charge in [-0.15, -0.1) is 11.3 Å². The lowest BCUT2D eigenvalue weighted by atomic mass is 9.99. The van der Waals surface area contributed by atoms with Gasteiger partial charge in [-0.05, 0) is 31.6 Å². The normalized spacial score (nSPS) is 25.3. The third-order valence-electron chi connectivity index (χ3n) is 3.86. The Morgan fingerprint density at radius 2 is 2.17 bits per heavy atom. The smallest absolute Gasteiger partial charge is 0.250 e. The summed E-state index contributed by atoms with van der Waals surface area (Å²) in [6.45, 7) is 8.00. The lowest BCUT2D eigenvalue weighted by Crippen LogP contribution is -2.49. The summed E-state index contributed by atoms with van der Waals surface area (Å²) in [4.78, 5) is 29.0. The van der Waals surface area contributed by atoms with Gasteiger partial charge in [-0.2, -0.15) is 0 Å². The molecule has 6 nitrogen and oxygen atoms in total. The van der Waals surface area contributed by atoms with Gasteiger partial charge in [0.15, 0.2) is 5.13 Å². The molecule has 1 saturated heterocycles. The van der Waals surface area contributed by atoms with Crippen molar-refractivity contribution in [2.75, 3.05) is 5.32 Å². The molecule has 2 heterocycles. The summed E-state index contributed by atoms with van der Waals surface area (Å²) in [5.41, 5.74) is 0. The molecule has 2 N–H and O–H groups in total. The van der Waals surface area contributed by atoms with Crippen LogP contribution in [-0.2, 0) is 14.3 Å². The van der Waals surface area contributed by atoms with Gasteiger partial charge >= 0.3 is 0 Å². The van der Waals surface area contributed by atoms with Crippen LogP contribution < -0.4 is 10.6 Å². The summed E-state index contributed by atoms with van der Waals surface area (Å²) >= 11 is 1.35. The molecule has 1 aliphatic rings. The second kappa shape index (κ2) is 7.88. The van der Waals surface area contributed by atoms with Crippen LogP contribution in [0.3, 0.4) is 0 Å². The monoisotopic (exact) mass is 339 g/mol. The van der Waals surface area contributed by atoms with E-state index in [9.17, 15) is 9.59 Å². The van der Waals surface area contributed by atoms with Crippen molar-refractivity contribution in [3.63, 3.8) is 0 Å². The number of thiazole rings is 1. The molecule has 1 fully saturated rings. The van der Waals surface area contributed by atoms with Crippen LogP contribution >= 0.6 is 11.3 Å². The molecular weight excluding hydrogens is 314 g/mol. The Morgan fingerprint density at radius 3 is 2.70 bits per heavy atom. The zero-order valence-electron chi connectivity index (χ0n) is 14.0. The molecule has 0 unspecified atom stereocenters. The molecule has 7 heteroatoms. The fourth-order valence-corrected chi connectivity index (χ4v) is 3.37. The number of anilines is 1. The average Bonchev–Trinajstić information content (AvgIpc) is 3.07. The third kappa shape index (κ3) is 5.00. The number of ether oxygens (including phenoxy) is 1. The molecule has 0 aromatic carbocycles. The molecule has 1 aromatic heterocycles. The average molecular weight is 339 g/mol. The van der Waals surface area contributed by atoms with E-state index in [0.29, 0.717) is 11.6 Å². The molecule has 2 amide bonds. The number of aromatic nitrogens is 1. The maximum atomic E-state index is 12.5. The number of carbonyl (C=O) groups is 2. The van der Waals surface area contributed by atoms with Crippen LogP contribution in [0.4, 0.5) is 5.13 Å². The Hall–Kier alpha value is -1.47. The predicted octanol–water partition coefficient (Wildman–Crippen LogP) is 2.43. The molecule has 4 atom stereocenters. The molecule has 128 valence electrons. The van der Waals surface area contributed by atoms with E-state index in [1.54, 1.807) is 11.6 Å². The van der Waals surface area contributed by atoms with Gasteiger partial charge in [-0.3, -0.25) is 9.59 Å². The van der Waals surface area contributed by atoms with Gasteiger partial charge in [0.25, 0.3) is 0 Å². The van der Waals surface area contributed by atoms with Gasteiger partial charge < -0.3 is 15.4 Å². The summed E-state index contributed by atoms with van der Waals surface area (Å²) in [6.07, 6.45) is 2.66. The van der Waals surface area contributed by atoms with Crippen LogP contribution in [0, 0.1) is 11.8 Å². The Balaban J connectivity index is 2.00. The van der Waals surface area contributed by atoms with Crippen LogP contribution in [-0.4, -0.2) is 35.0 Å². The maximum Gasteiger partial charge on any atom is 0.250 e. The highest BCUT2D eigenvalue weighted by Crippen LogP contribution is 2.26. The predicted molar refractivity (Wildman–Crippen MR) is 90.2 cm³/mol. The van der Waals surface area contributed by atoms with E-state index < -0.39 is 12.1 Å². The Morgan fingerprint density at radius 1 is 1.43 bits per heavy atom. The first-order chi connectivity index (χ1) is 10.9. The molecule has 0 bridgehead atoms.